The highest BCUT2D eigenvalue weighted by molar-refractivity contribution is 7.84. The second-order valence-electron chi connectivity index (χ2n) is 4.36. The molecular weight excluding hydrogens is 292 g/mol. The number of nitrogen functional groups attached to an aromatic ring is 1. The van der Waals surface area contributed by atoms with Gasteiger partial charge in [0.05, 0.1) is 34.7 Å². The Kier molecular flexibility index (Phi) is 4.54. The number of anilines is 1. The van der Waals surface area contributed by atoms with Crippen LogP contribution in [0, 0.1) is 10.1 Å². The number of methoxy groups -OCH3 is 1. The summed E-state index contributed by atoms with van der Waals surface area (Å²) in [5.74, 6) is 0.538. The fourth-order valence-electron chi connectivity index (χ4n) is 1.80. The van der Waals surface area contributed by atoms with Crippen LogP contribution in [0.3, 0.4) is 0 Å². The summed E-state index contributed by atoms with van der Waals surface area (Å²) in [7, 11) is 0.122. The van der Waals surface area contributed by atoms with Gasteiger partial charge in [-0.3, -0.25) is 14.3 Å². The van der Waals surface area contributed by atoms with E-state index in [9.17, 15) is 14.3 Å². The van der Waals surface area contributed by atoms with Crippen LogP contribution in [0.5, 0.6) is 5.75 Å². The van der Waals surface area contributed by atoms with Gasteiger partial charge in [0.25, 0.3) is 5.69 Å². The van der Waals surface area contributed by atoms with E-state index in [4.69, 9.17) is 10.5 Å². The van der Waals surface area contributed by atoms with Crippen LogP contribution in [0.2, 0.25) is 0 Å². The highest BCUT2D eigenvalue weighted by Gasteiger charge is 2.13. The van der Waals surface area contributed by atoms with Crippen molar-refractivity contribution in [1.29, 1.82) is 0 Å². The molecule has 110 valence electrons. The summed E-state index contributed by atoms with van der Waals surface area (Å²) in [6, 6.07) is 11.1. The number of nitro benzene ring substituents is 1. The van der Waals surface area contributed by atoms with Crippen molar-refractivity contribution in [2.45, 2.75) is 10.6 Å². The molecule has 0 spiro atoms. The Bertz CT molecular complexity index is 686. The summed E-state index contributed by atoms with van der Waals surface area (Å²) < 4.78 is 17.3. The maximum absolute atomic E-state index is 12.3. The van der Waals surface area contributed by atoms with Crippen molar-refractivity contribution in [3.8, 4) is 5.75 Å². The Morgan fingerprint density at radius 1 is 1.24 bits per heavy atom. The second kappa shape index (κ2) is 6.36. The molecule has 6 nitrogen and oxygen atoms in total. The first-order chi connectivity index (χ1) is 9.99. The molecule has 0 aliphatic rings. The van der Waals surface area contributed by atoms with Crippen LogP contribution in [0.15, 0.2) is 47.4 Å². The molecule has 0 aliphatic carbocycles. The SMILES string of the molecule is COc1cc(CS(=O)c2ccc(N)cc2)cc([N+](=O)[O-])c1. The van der Waals surface area contributed by atoms with Crippen LogP contribution < -0.4 is 10.5 Å². The Labute approximate surface area is 124 Å². The van der Waals surface area contributed by atoms with Crippen molar-refractivity contribution in [2.24, 2.45) is 0 Å². The molecule has 2 N–H and O–H groups in total. The Balaban J connectivity index is 2.26. The third kappa shape index (κ3) is 3.79. The number of nitrogens with zero attached hydrogens (tertiary/aromatic N) is 1. The quantitative estimate of drug-likeness (QED) is 0.520. The minimum absolute atomic E-state index is 0.0846. The molecule has 0 heterocycles. The van der Waals surface area contributed by atoms with Crippen molar-refractivity contribution >= 4 is 22.2 Å². The Hall–Kier alpha value is -2.41. The van der Waals surface area contributed by atoms with Crippen molar-refractivity contribution in [3.05, 3.63) is 58.1 Å². The summed E-state index contributed by atoms with van der Waals surface area (Å²) in [6.45, 7) is 0. The van der Waals surface area contributed by atoms with E-state index in [0.29, 0.717) is 21.9 Å². The number of hydrogen-bond acceptors (Lipinski definition) is 5. The van der Waals surface area contributed by atoms with E-state index in [-0.39, 0.29) is 11.4 Å². The number of nitrogens with two attached hydrogens (primary N) is 1. The zero-order chi connectivity index (χ0) is 15.4. The average Bonchev–Trinajstić information content (AvgIpc) is 2.47. The molecule has 0 saturated heterocycles. The number of ether oxygens (including phenoxy) is 1. The fourth-order valence-corrected chi connectivity index (χ4v) is 2.88. The number of non-ortho nitro benzene ring substituents is 1. The van der Waals surface area contributed by atoms with Crippen LogP contribution in [0.1, 0.15) is 5.56 Å². The van der Waals surface area contributed by atoms with E-state index in [0.717, 1.165) is 0 Å². The third-order valence-corrected chi connectivity index (χ3v) is 4.23. The van der Waals surface area contributed by atoms with Gasteiger partial charge in [0.1, 0.15) is 5.75 Å². The van der Waals surface area contributed by atoms with Gasteiger partial charge in [0.15, 0.2) is 0 Å². The normalized spacial score (nSPS) is 11.9. The molecule has 0 saturated carbocycles. The molecule has 2 aromatic rings. The van der Waals surface area contributed by atoms with E-state index >= 15 is 0 Å². The number of nitro groups is 1. The minimum atomic E-state index is -1.31. The van der Waals surface area contributed by atoms with Gasteiger partial charge < -0.3 is 10.5 Å². The van der Waals surface area contributed by atoms with Crippen LogP contribution in [-0.2, 0) is 16.6 Å². The highest BCUT2D eigenvalue weighted by Crippen LogP contribution is 2.24. The van der Waals surface area contributed by atoms with Crippen molar-refractivity contribution < 1.29 is 13.9 Å². The number of rotatable bonds is 5. The van der Waals surface area contributed by atoms with Crippen LogP contribution in [0.25, 0.3) is 0 Å². The first kappa shape index (κ1) is 15.0. The molecule has 0 amide bonds. The lowest BCUT2D eigenvalue weighted by atomic mass is 10.2. The number of hydrogen-bond donors (Lipinski definition) is 1. The van der Waals surface area contributed by atoms with Crippen LogP contribution in [-0.4, -0.2) is 16.2 Å². The van der Waals surface area contributed by atoms with Crippen molar-refractivity contribution in [1.82, 2.24) is 0 Å². The fraction of sp³-hybridized carbons (Fsp3) is 0.143. The van der Waals surface area contributed by atoms with Gasteiger partial charge in [-0.15, -0.1) is 0 Å². The molecule has 0 fully saturated rings. The largest absolute Gasteiger partial charge is 0.496 e. The molecule has 0 aliphatic heterocycles. The maximum atomic E-state index is 12.3. The topological polar surface area (TPSA) is 95.5 Å². The smallest absolute Gasteiger partial charge is 0.273 e. The summed E-state index contributed by atoms with van der Waals surface area (Å²) in [6.07, 6.45) is 0. The second-order valence-corrected chi connectivity index (χ2v) is 5.81. The first-order valence-corrected chi connectivity index (χ1v) is 7.38. The van der Waals surface area contributed by atoms with Gasteiger partial charge in [0, 0.05) is 16.6 Å². The molecule has 0 aromatic heterocycles. The molecule has 1 unspecified atom stereocenters. The van der Waals surface area contributed by atoms with E-state index < -0.39 is 15.7 Å². The lowest BCUT2D eigenvalue weighted by Gasteiger charge is -2.06. The summed E-state index contributed by atoms with van der Waals surface area (Å²) >= 11 is 0. The van der Waals surface area contributed by atoms with Gasteiger partial charge in [-0.1, -0.05) is 0 Å². The summed E-state index contributed by atoms with van der Waals surface area (Å²) in [5.41, 5.74) is 6.67. The Morgan fingerprint density at radius 3 is 2.48 bits per heavy atom. The zero-order valence-corrected chi connectivity index (χ0v) is 12.1. The van der Waals surface area contributed by atoms with Gasteiger partial charge in [-0.25, -0.2) is 0 Å². The van der Waals surface area contributed by atoms with E-state index in [1.165, 1.54) is 19.2 Å². The summed E-state index contributed by atoms with van der Waals surface area (Å²) in [5, 5.41) is 10.9. The van der Waals surface area contributed by atoms with Crippen LogP contribution >= 0.6 is 0 Å². The monoisotopic (exact) mass is 306 g/mol. The molecule has 0 bridgehead atoms. The predicted octanol–water partition coefficient (Wildman–Crippen LogP) is 2.49. The van der Waals surface area contributed by atoms with Gasteiger partial charge in [-0.2, -0.15) is 0 Å². The molecule has 21 heavy (non-hydrogen) atoms. The minimum Gasteiger partial charge on any atom is -0.496 e. The van der Waals surface area contributed by atoms with Crippen molar-refractivity contribution in [3.63, 3.8) is 0 Å². The first-order valence-electron chi connectivity index (χ1n) is 6.06. The molecule has 7 heteroatoms. The van der Waals surface area contributed by atoms with Crippen LogP contribution in [0.4, 0.5) is 11.4 Å². The maximum Gasteiger partial charge on any atom is 0.273 e. The molecule has 0 radical (unpaired) electrons. The van der Waals surface area contributed by atoms with E-state index in [2.05, 4.69) is 0 Å². The molecular formula is C14H14N2O4S. The van der Waals surface area contributed by atoms with E-state index in [1.54, 1.807) is 30.3 Å². The predicted molar refractivity (Wildman–Crippen MR) is 80.6 cm³/mol. The van der Waals surface area contributed by atoms with Crippen molar-refractivity contribution in [2.75, 3.05) is 12.8 Å². The Morgan fingerprint density at radius 2 is 1.90 bits per heavy atom. The average molecular weight is 306 g/mol. The summed E-state index contributed by atoms with van der Waals surface area (Å²) in [4.78, 5) is 11.0. The zero-order valence-electron chi connectivity index (χ0n) is 11.3. The third-order valence-electron chi connectivity index (χ3n) is 2.84. The molecule has 2 aromatic carbocycles. The van der Waals surface area contributed by atoms with Gasteiger partial charge >= 0.3 is 0 Å². The number of benzene rings is 2. The van der Waals surface area contributed by atoms with Gasteiger partial charge in [-0.05, 0) is 35.9 Å². The van der Waals surface area contributed by atoms with Gasteiger partial charge in [0.2, 0.25) is 0 Å². The lowest BCUT2D eigenvalue weighted by molar-refractivity contribution is -0.385. The molecule has 1 atom stereocenters. The molecule has 2 rings (SSSR count). The standard InChI is InChI=1S/C14H14N2O4S/c1-20-13-7-10(6-12(8-13)16(17)18)9-21(19)14-4-2-11(15)3-5-14/h2-8H,9,15H2,1H3. The lowest BCUT2D eigenvalue weighted by Crippen LogP contribution is -1.99. The highest BCUT2D eigenvalue weighted by atomic mass is 32.2. The van der Waals surface area contributed by atoms with E-state index in [1.807, 2.05) is 0 Å².